The van der Waals surface area contributed by atoms with Crippen LogP contribution in [0.15, 0.2) is 24.3 Å². The van der Waals surface area contributed by atoms with Gasteiger partial charge in [-0.1, -0.05) is 18.2 Å². The Morgan fingerprint density at radius 2 is 2.12 bits per heavy atom. The van der Waals surface area contributed by atoms with Crippen molar-refractivity contribution in [2.75, 3.05) is 12.6 Å². The number of nitrogens with zero attached hydrogens (tertiary/aromatic N) is 1. The third kappa shape index (κ3) is 1.36. The number of fused-ring (bicyclic) bond motifs is 2. The van der Waals surface area contributed by atoms with Gasteiger partial charge in [0.25, 0.3) is 0 Å². The van der Waals surface area contributed by atoms with E-state index in [9.17, 15) is 0 Å². The van der Waals surface area contributed by atoms with E-state index in [1.165, 1.54) is 17.7 Å². The van der Waals surface area contributed by atoms with Crippen LogP contribution in [0.4, 0.5) is 5.69 Å². The van der Waals surface area contributed by atoms with Crippen LogP contribution in [-0.2, 0) is 17.7 Å². The third-order valence-corrected chi connectivity index (χ3v) is 3.12. The van der Waals surface area contributed by atoms with E-state index in [0.717, 1.165) is 29.4 Å². The minimum Gasteiger partial charge on any atom is -0.279 e. The summed E-state index contributed by atoms with van der Waals surface area (Å²) in [6.07, 6.45) is 3.37. The van der Waals surface area contributed by atoms with Gasteiger partial charge in [-0.2, -0.15) is 0 Å². The van der Waals surface area contributed by atoms with Gasteiger partial charge in [0, 0.05) is 11.1 Å². The Kier molecular flexibility index (Phi) is 2.26. The highest BCUT2D eigenvalue weighted by atomic mass is 16.6. The summed E-state index contributed by atoms with van der Waals surface area (Å²) in [6, 6.07) is 8.19. The van der Waals surface area contributed by atoms with Crippen LogP contribution in [0, 0.1) is 0 Å². The van der Waals surface area contributed by atoms with Gasteiger partial charge in [0.15, 0.2) is 0 Å². The first-order valence-corrected chi connectivity index (χ1v) is 5.59. The van der Waals surface area contributed by atoms with Crippen LogP contribution in [0.5, 0.6) is 0 Å². The largest absolute Gasteiger partial charge is 0.279 e. The molecule has 82 valence electrons. The molecule has 0 saturated carbocycles. The predicted octanol–water partition coefficient (Wildman–Crippen LogP) is 2.70. The number of anilines is 1. The second kappa shape index (κ2) is 3.76. The smallest absolute Gasteiger partial charge is 0.0748 e. The van der Waals surface area contributed by atoms with E-state index in [1.807, 2.05) is 12.1 Å². The van der Waals surface area contributed by atoms with E-state index in [-0.39, 0.29) is 0 Å². The topological polar surface area (TPSA) is 34.1 Å². The van der Waals surface area contributed by atoms with Crippen molar-refractivity contribution < 1.29 is 4.84 Å². The van der Waals surface area contributed by atoms with Crippen molar-refractivity contribution in [1.82, 2.24) is 4.98 Å². The Bertz CT molecular complexity index is 537. The van der Waals surface area contributed by atoms with Crippen molar-refractivity contribution in [3.63, 3.8) is 0 Å². The molecule has 1 heterocycles. The van der Waals surface area contributed by atoms with Crippen molar-refractivity contribution >= 4 is 16.6 Å². The zero-order valence-electron chi connectivity index (χ0n) is 9.29. The van der Waals surface area contributed by atoms with E-state index in [0.29, 0.717) is 0 Å². The van der Waals surface area contributed by atoms with Crippen LogP contribution in [0.3, 0.4) is 0 Å². The van der Waals surface area contributed by atoms with Gasteiger partial charge in [0.2, 0.25) is 0 Å². The number of hydrogen-bond donors (Lipinski definition) is 1. The molecule has 1 aromatic heterocycles. The van der Waals surface area contributed by atoms with E-state index in [2.05, 4.69) is 17.6 Å². The van der Waals surface area contributed by atoms with Crippen LogP contribution in [-0.4, -0.2) is 12.1 Å². The minimum absolute atomic E-state index is 1.04. The Morgan fingerprint density at radius 1 is 1.25 bits per heavy atom. The molecule has 3 nitrogen and oxygen atoms in total. The average molecular weight is 214 g/mol. The lowest BCUT2D eigenvalue weighted by Gasteiger charge is -2.12. The van der Waals surface area contributed by atoms with Crippen LogP contribution in [0.25, 0.3) is 10.9 Å². The Balaban J connectivity index is 2.32. The molecule has 1 aliphatic carbocycles. The lowest BCUT2D eigenvalue weighted by molar-refractivity contribution is 0.271. The van der Waals surface area contributed by atoms with Crippen LogP contribution in [0.1, 0.15) is 17.7 Å². The molecule has 0 bridgehead atoms. The van der Waals surface area contributed by atoms with Crippen LogP contribution >= 0.6 is 0 Å². The monoisotopic (exact) mass is 214 g/mol. The van der Waals surface area contributed by atoms with Gasteiger partial charge >= 0.3 is 0 Å². The van der Waals surface area contributed by atoms with Crippen molar-refractivity contribution in [1.29, 1.82) is 0 Å². The van der Waals surface area contributed by atoms with Gasteiger partial charge in [-0.05, 0) is 30.9 Å². The normalized spacial score (nSPS) is 14.1. The summed E-state index contributed by atoms with van der Waals surface area (Å²) in [5, 5.41) is 1.14. The summed E-state index contributed by atoms with van der Waals surface area (Å²) in [5.74, 6) is 0. The van der Waals surface area contributed by atoms with Crippen molar-refractivity contribution in [3.8, 4) is 0 Å². The number of aromatic nitrogens is 1. The van der Waals surface area contributed by atoms with Crippen molar-refractivity contribution in [2.24, 2.45) is 0 Å². The van der Waals surface area contributed by atoms with E-state index in [1.54, 1.807) is 7.11 Å². The highest BCUT2D eigenvalue weighted by molar-refractivity contribution is 5.93. The fourth-order valence-electron chi connectivity index (χ4n) is 2.43. The number of rotatable bonds is 2. The van der Waals surface area contributed by atoms with E-state index in [4.69, 9.17) is 9.82 Å². The summed E-state index contributed by atoms with van der Waals surface area (Å²) >= 11 is 0. The Morgan fingerprint density at radius 3 is 3.00 bits per heavy atom. The lowest BCUT2D eigenvalue weighted by atomic mass is 10.1. The van der Waals surface area contributed by atoms with Gasteiger partial charge in [0.05, 0.1) is 18.3 Å². The van der Waals surface area contributed by atoms with Gasteiger partial charge in [-0.3, -0.25) is 15.3 Å². The van der Waals surface area contributed by atoms with Gasteiger partial charge in [-0.15, -0.1) is 0 Å². The first kappa shape index (κ1) is 9.60. The molecule has 1 aliphatic rings. The number of aryl methyl sites for hydroxylation is 1. The molecule has 0 amide bonds. The third-order valence-electron chi connectivity index (χ3n) is 3.12. The van der Waals surface area contributed by atoms with E-state index < -0.39 is 0 Å². The fraction of sp³-hybridized carbons (Fsp3) is 0.308. The molecule has 0 unspecified atom stereocenters. The maximum absolute atomic E-state index is 5.08. The standard InChI is InChI=1S/C13H14N2O/c1-16-15-13-9-5-2-3-7-11(9)14-12-8-4-6-10(12)13/h2-3,5,7H,4,6,8H2,1H3,(H,14,15). The molecular formula is C13H14N2O. The molecule has 2 aromatic rings. The highest BCUT2D eigenvalue weighted by Crippen LogP contribution is 2.33. The quantitative estimate of drug-likeness (QED) is 0.780. The molecule has 0 aliphatic heterocycles. The highest BCUT2D eigenvalue weighted by Gasteiger charge is 2.19. The van der Waals surface area contributed by atoms with Crippen LogP contribution in [0.2, 0.25) is 0 Å². The van der Waals surface area contributed by atoms with Gasteiger partial charge in [0.1, 0.15) is 0 Å². The lowest BCUT2D eigenvalue weighted by Crippen LogP contribution is -2.02. The number of benzene rings is 1. The van der Waals surface area contributed by atoms with Crippen LogP contribution < -0.4 is 5.48 Å². The second-order valence-electron chi connectivity index (χ2n) is 4.09. The average Bonchev–Trinajstić information content (AvgIpc) is 2.77. The summed E-state index contributed by atoms with van der Waals surface area (Å²) in [5.41, 5.74) is 7.69. The SMILES string of the molecule is CONc1c2c(nc3ccccc13)CCC2. The fourth-order valence-corrected chi connectivity index (χ4v) is 2.43. The first-order chi connectivity index (χ1) is 7.90. The second-order valence-corrected chi connectivity index (χ2v) is 4.09. The molecule has 0 radical (unpaired) electrons. The van der Waals surface area contributed by atoms with E-state index >= 15 is 0 Å². The molecule has 1 N–H and O–H groups in total. The Hall–Kier alpha value is -1.61. The minimum atomic E-state index is 1.04. The molecule has 1 aromatic carbocycles. The van der Waals surface area contributed by atoms with Crippen molar-refractivity contribution in [3.05, 3.63) is 35.5 Å². The molecule has 3 heteroatoms. The summed E-state index contributed by atoms with van der Waals surface area (Å²) in [4.78, 5) is 9.79. The zero-order chi connectivity index (χ0) is 11.0. The summed E-state index contributed by atoms with van der Waals surface area (Å²) in [6.45, 7) is 0. The molecule has 16 heavy (non-hydrogen) atoms. The summed E-state index contributed by atoms with van der Waals surface area (Å²) < 4.78 is 0. The predicted molar refractivity (Wildman–Crippen MR) is 64.4 cm³/mol. The van der Waals surface area contributed by atoms with Gasteiger partial charge < -0.3 is 0 Å². The maximum Gasteiger partial charge on any atom is 0.0748 e. The molecular weight excluding hydrogens is 200 g/mol. The number of para-hydroxylation sites is 1. The molecule has 0 atom stereocenters. The summed E-state index contributed by atoms with van der Waals surface area (Å²) in [7, 11) is 1.65. The van der Waals surface area contributed by atoms with Crippen molar-refractivity contribution in [2.45, 2.75) is 19.3 Å². The molecule has 0 fully saturated rings. The first-order valence-electron chi connectivity index (χ1n) is 5.59. The molecule has 3 rings (SSSR count). The maximum atomic E-state index is 5.08. The molecule has 0 spiro atoms. The number of hydrogen-bond acceptors (Lipinski definition) is 3. The van der Waals surface area contributed by atoms with Gasteiger partial charge in [-0.25, -0.2) is 0 Å². The molecule has 0 saturated heterocycles. The number of nitrogens with one attached hydrogen (secondary N) is 1. The Labute approximate surface area is 94.4 Å². The zero-order valence-corrected chi connectivity index (χ0v) is 9.29. The number of pyridine rings is 1.